The number of halogens is 1. The molecule has 0 heterocycles. The van der Waals surface area contributed by atoms with Gasteiger partial charge < -0.3 is 0 Å². The summed E-state index contributed by atoms with van der Waals surface area (Å²) in [5, 5.41) is 0.179. The third-order valence-electron chi connectivity index (χ3n) is 4.84. The Hall–Kier alpha value is -0.490. The normalized spacial score (nSPS) is 23.8. The summed E-state index contributed by atoms with van der Waals surface area (Å²) in [4.78, 5) is 0. The number of alkyl halides is 1. The molecule has 1 aromatic carbocycles. The lowest BCUT2D eigenvalue weighted by atomic mass is 9.82. The minimum atomic E-state index is 0.179. The van der Waals surface area contributed by atoms with Crippen molar-refractivity contribution in [3.63, 3.8) is 0 Å². The lowest BCUT2D eigenvalue weighted by molar-refractivity contribution is 0.505. The molecule has 1 aliphatic carbocycles. The minimum absolute atomic E-state index is 0.179. The van der Waals surface area contributed by atoms with Crippen molar-refractivity contribution >= 4 is 11.6 Å². The summed E-state index contributed by atoms with van der Waals surface area (Å²) in [6.45, 7) is 11.4. The number of hydrogen-bond donors (Lipinski definition) is 0. The number of hydrogen-bond acceptors (Lipinski definition) is 0. The Morgan fingerprint density at radius 2 is 1.78 bits per heavy atom. The molecule has 0 bridgehead atoms. The van der Waals surface area contributed by atoms with Crippen LogP contribution in [0.1, 0.15) is 64.0 Å². The maximum atomic E-state index is 6.59. The fourth-order valence-corrected chi connectivity index (χ4v) is 3.14. The molecule has 1 saturated carbocycles. The molecule has 1 fully saturated rings. The Morgan fingerprint density at radius 3 is 2.17 bits per heavy atom. The van der Waals surface area contributed by atoms with E-state index in [1.54, 1.807) is 0 Å². The van der Waals surface area contributed by atoms with Crippen LogP contribution >= 0.6 is 11.6 Å². The largest absolute Gasteiger partial charge is 0.117 e. The van der Waals surface area contributed by atoms with Gasteiger partial charge in [-0.25, -0.2) is 0 Å². The molecule has 2 rings (SSSR count). The zero-order chi connectivity index (χ0) is 13.6. The van der Waals surface area contributed by atoms with Crippen molar-refractivity contribution in [2.45, 2.75) is 58.3 Å². The van der Waals surface area contributed by atoms with Gasteiger partial charge in [-0.3, -0.25) is 0 Å². The van der Waals surface area contributed by atoms with E-state index in [4.69, 9.17) is 11.6 Å². The molecule has 0 radical (unpaired) electrons. The predicted octanol–water partition coefficient (Wildman–Crippen LogP) is 5.70. The van der Waals surface area contributed by atoms with Crippen molar-refractivity contribution in [1.29, 1.82) is 0 Å². The molecule has 1 aliphatic rings. The highest BCUT2D eigenvalue weighted by Crippen LogP contribution is 2.59. The molecule has 0 nitrogen and oxygen atoms in total. The summed E-state index contributed by atoms with van der Waals surface area (Å²) in [5.41, 5.74) is 3.39. The van der Waals surface area contributed by atoms with E-state index in [-0.39, 0.29) is 10.8 Å². The molecular weight excluding hydrogens is 240 g/mol. The van der Waals surface area contributed by atoms with Gasteiger partial charge in [0.2, 0.25) is 0 Å². The van der Waals surface area contributed by atoms with E-state index in [0.717, 1.165) is 6.42 Å². The van der Waals surface area contributed by atoms with Crippen LogP contribution in [0, 0.1) is 11.3 Å². The molecule has 18 heavy (non-hydrogen) atoms. The van der Waals surface area contributed by atoms with E-state index in [1.165, 1.54) is 17.5 Å². The quantitative estimate of drug-likeness (QED) is 0.612. The van der Waals surface area contributed by atoms with Crippen molar-refractivity contribution in [3.8, 4) is 0 Å². The predicted molar refractivity (Wildman–Crippen MR) is 80.2 cm³/mol. The second kappa shape index (κ2) is 4.56. The van der Waals surface area contributed by atoms with E-state index in [2.05, 4.69) is 58.9 Å². The molecule has 2 unspecified atom stereocenters. The molecule has 0 saturated heterocycles. The van der Waals surface area contributed by atoms with Gasteiger partial charge in [0.05, 0.1) is 5.38 Å². The standard InChI is InChI=1S/C17H25Cl/c1-6-16(2,3)13-9-7-12(8-10-13)15(18)14-11-17(14,4)5/h7-10,14-15H,6,11H2,1-5H3. The van der Waals surface area contributed by atoms with Gasteiger partial charge in [-0.2, -0.15) is 0 Å². The molecule has 1 aromatic rings. The van der Waals surface area contributed by atoms with E-state index < -0.39 is 0 Å². The summed E-state index contributed by atoms with van der Waals surface area (Å²) < 4.78 is 0. The van der Waals surface area contributed by atoms with Gasteiger partial charge in [0.25, 0.3) is 0 Å². The van der Waals surface area contributed by atoms with Crippen LogP contribution in [-0.4, -0.2) is 0 Å². The number of rotatable bonds is 4. The lowest BCUT2D eigenvalue weighted by Gasteiger charge is -2.24. The zero-order valence-corrected chi connectivity index (χ0v) is 13.0. The summed E-state index contributed by atoms with van der Waals surface area (Å²) in [6, 6.07) is 8.95. The summed E-state index contributed by atoms with van der Waals surface area (Å²) in [5.74, 6) is 0.643. The first kappa shape index (κ1) is 13.9. The van der Waals surface area contributed by atoms with E-state index in [9.17, 15) is 0 Å². The first-order valence-electron chi connectivity index (χ1n) is 7.02. The topological polar surface area (TPSA) is 0 Å². The lowest BCUT2D eigenvalue weighted by Crippen LogP contribution is -2.15. The average Bonchev–Trinajstić information content (AvgIpc) is 2.98. The van der Waals surface area contributed by atoms with Crippen LogP contribution in [0.5, 0.6) is 0 Å². The molecule has 0 N–H and O–H groups in total. The Labute approximate surface area is 117 Å². The van der Waals surface area contributed by atoms with Crippen molar-refractivity contribution < 1.29 is 0 Å². The minimum Gasteiger partial charge on any atom is -0.117 e. The second-order valence-electron chi connectivity index (χ2n) is 7.06. The van der Waals surface area contributed by atoms with Crippen LogP contribution in [0.25, 0.3) is 0 Å². The number of benzene rings is 1. The van der Waals surface area contributed by atoms with Gasteiger partial charge in [-0.15, -0.1) is 11.6 Å². The van der Waals surface area contributed by atoms with Crippen LogP contribution in [0.3, 0.4) is 0 Å². The van der Waals surface area contributed by atoms with Crippen LogP contribution < -0.4 is 0 Å². The Kier molecular flexibility index (Phi) is 3.53. The highest BCUT2D eigenvalue weighted by atomic mass is 35.5. The molecule has 2 atom stereocenters. The smallest absolute Gasteiger partial charge is 0.0618 e. The second-order valence-corrected chi connectivity index (χ2v) is 7.53. The van der Waals surface area contributed by atoms with Gasteiger partial charge in [0.15, 0.2) is 0 Å². The Balaban J connectivity index is 2.13. The fourth-order valence-electron chi connectivity index (χ4n) is 2.56. The maximum absolute atomic E-state index is 6.59. The summed E-state index contributed by atoms with van der Waals surface area (Å²) in [6.07, 6.45) is 2.41. The Bertz CT molecular complexity index is 414. The van der Waals surface area contributed by atoms with Crippen molar-refractivity contribution in [2.75, 3.05) is 0 Å². The molecule has 0 aromatic heterocycles. The molecule has 1 heteroatoms. The highest BCUT2D eigenvalue weighted by molar-refractivity contribution is 6.21. The van der Waals surface area contributed by atoms with Gasteiger partial charge in [0, 0.05) is 0 Å². The SMILES string of the molecule is CCC(C)(C)c1ccc(C(Cl)C2CC2(C)C)cc1. The molecule has 0 aliphatic heterocycles. The van der Waals surface area contributed by atoms with Gasteiger partial charge >= 0.3 is 0 Å². The zero-order valence-electron chi connectivity index (χ0n) is 12.3. The third kappa shape index (κ3) is 2.59. The third-order valence-corrected chi connectivity index (χ3v) is 5.39. The van der Waals surface area contributed by atoms with Crippen LogP contribution in [0.4, 0.5) is 0 Å². The molecular formula is C17H25Cl. The van der Waals surface area contributed by atoms with Crippen LogP contribution in [-0.2, 0) is 5.41 Å². The van der Waals surface area contributed by atoms with E-state index in [1.807, 2.05) is 0 Å². The van der Waals surface area contributed by atoms with E-state index >= 15 is 0 Å². The maximum Gasteiger partial charge on any atom is 0.0618 e. The van der Waals surface area contributed by atoms with Gasteiger partial charge in [-0.1, -0.05) is 58.9 Å². The molecule has 0 amide bonds. The molecule has 0 spiro atoms. The first-order chi connectivity index (χ1) is 8.28. The van der Waals surface area contributed by atoms with Gasteiger partial charge in [-0.05, 0) is 40.7 Å². The highest BCUT2D eigenvalue weighted by Gasteiger charge is 2.49. The van der Waals surface area contributed by atoms with Crippen molar-refractivity contribution in [1.82, 2.24) is 0 Å². The average molecular weight is 265 g/mol. The molecule has 100 valence electrons. The fraction of sp³-hybridized carbons (Fsp3) is 0.647. The van der Waals surface area contributed by atoms with Crippen LogP contribution in [0.15, 0.2) is 24.3 Å². The first-order valence-corrected chi connectivity index (χ1v) is 7.46. The summed E-state index contributed by atoms with van der Waals surface area (Å²) >= 11 is 6.59. The van der Waals surface area contributed by atoms with E-state index in [0.29, 0.717) is 11.3 Å². The van der Waals surface area contributed by atoms with Crippen molar-refractivity contribution in [3.05, 3.63) is 35.4 Å². The summed E-state index contributed by atoms with van der Waals surface area (Å²) in [7, 11) is 0. The van der Waals surface area contributed by atoms with Gasteiger partial charge in [0.1, 0.15) is 0 Å². The monoisotopic (exact) mass is 264 g/mol. The Morgan fingerprint density at radius 1 is 1.28 bits per heavy atom. The van der Waals surface area contributed by atoms with Crippen molar-refractivity contribution in [2.24, 2.45) is 11.3 Å². The van der Waals surface area contributed by atoms with Crippen LogP contribution in [0.2, 0.25) is 0 Å².